The molecule has 2 N–H and O–H groups in total. The lowest BCUT2D eigenvalue weighted by molar-refractivity contribution is -0.274. The highest BCUT2D eigenvalue weighted by molar-refractivity contribution is 5.28. The van der Waals surface area contributed by atoms with Crippen LogP contribution in [0.3, 0.4) is 0 Å². The summed E-state index contributed by atoms with van der Waals surface area (Å²) in [6, 6.07) is 6.18. The lowest BCUT2D eigenvalue weighted by atomic mass is 10.0. The van der Waals surface area contributed by atoms with E-state index in [-0.39, 0.29) is 24.3 Å². The van der Waals surface area contributed by atoms with Crippen LogP contribution in [0.15, 0.2) is 24.3 Å². The number of hydrogen-bond acceptors (Lipinski definition) is 3. The van der Waals surface area contributed by atoms with Crippen molar-refractivity contribution >= 4 is 0 Å². The lowest BCUT2D eigenvalue weighted by Crippen LogP contribution is -2.33. The first-order valence-corrected chi connectivity index (χ1v) is 6.67. The van der Waals surface area contributed by atoms with Crippen LogP contribution in [0.1, 0.15) is 24.8 Å². The second kappa shape index (κ2) is 6.45. The van der Waals surface area contributed by atoms with Crippen LogP contribution in [0.2, 0.25) is 0 Å². The molecule has 0 aromatic heterocycles. The first-order valence-electron chi connectivity index (χ1n) is 6.67. The van der Waals surface area contributed by atoms with Gasteiger partial charge in [0.2, 0.25) is 0 Å². The molecule has 0 bridgehead atoms. The highest BCUT2D eigenvalue weighted by Crippen LogP contribution is 2.26. The summed E-state index contributed by atoms with van der Waals surface area (Å²) in [6.07, 6.45) is -1.62. The van der Waals surface area contributed by atoms with Gasteiger partial charge in [-0.3, -0.25) is 0 Å². The van der Waals surface area contributed by atoms with E-state index in [9.17, 15) is 18.3 Å². The number of halogens is 3. The second-order valence-electron chi connectivity index (χ2n) is 5.06. The standard InChI is InChI=1S/C14H18F3NO2/c15-14(16,17)20-12-5-1-3-10(7-12)8-18-13-6-2-4-11(13)9-19/h1,3,5,7,11,13,18-19H,2,4,6,8-9H2. The zero-order valence-corrected chi connectivity index (χ0v) is 11.0. The van der Waals surface area contributed by atoms with Crippen molar-refractivity contribution in [3.63, 3.8) is 0 Å². The third-order valence-electron chi connectivity index (χ3n) is 3.59. The van der Waals surface area contributed by atoms with Crippen LogP contribution in [-0.4, -0.2) is 24.1 Å². The fourth-order valence-corrected chi connectivity index (χ4v) is 2.63. The van der Waals surface area contributed by atoms with Crippen molar-refractivity contribution in [3.05, 3.63) is 29.8 Å². The predicted molar refractivity (Wildman–Crippen MR) is 68.2 cm³/mol. The Kier molecular flexibility index (Phi) is 4.88. The van der Waals surface area contributed by atoms with E-state index in [1.165, 1.54) is 18.2 Å². The second-order valence-corrected chi connectivity index (χ2v) is 5.06. The van der Waals surface area contributed by atoms with E-state index in [0.29, 0.717) is 6.54 Å². The summed E-state index contributed by atoms with van der Waals surface area (Å²) in [5.74, 6) is 0.0338. The molecule has 1 saturated carbocycles. The van der Waals surface area contributed by atoms with Gasteiger partial charge in [-0.2, -0.15) is 0 Å². The monoisotopic (exact) mass is 289 g/mol. The Morgan fingerprint density at radius 3 is 2.80 bits per heavy atom. The van der Waals surface area contributed by atoms with Crippen molar-refractivity contribution in [2.24, 2.45) is 5.92 Å². The highest BCUT2D eigenvalue weighted by Gasteiger charge is 2.31. The largest absolute Gasteiger partial charge is 0.573 e. The molecule has 6 heteroatoms. The predicted octanol–water partition coefficient (Wildman–Crippen LogP) is 2.84. The zero-order chi connectivity index (χ0) is 14.6. The number of hydrogen-bond donors (Lipinski definition) is 2. The maximum absolute atomic E-state index is 12.1. The first-order chi connectivity index (χ1) is 9.48. The van der Waals surface area contributed by atoms with Crippen molar-refractivity contribution in [1.29, 1.82) is 0 Å². The average molecular weight is 289 g/mol. The van der Waals surface area contributed by atoms with Gasteiger partial charge in [-0.25, -0.2) is 0 Å². The van der Waals surface area contributed by atoms with E-state index in [4.69, 9.17) is 0 Å². The summed E-state index contributed by atoms with van der Waals surface area (Å²) in [6.45, 7) is 0.616. The molecule has 1 aromatic rings. The van der Waals surface area contributed by atoms with Crippen LogP contribution >= 0.6 is 0 Å². The van der Waals surface area contributed by atoms with Gasteiger partial charge >= 0.3 is 6.36 Å². The summed E-state index contributed by atoms with van der Waals surface area (Å²) in [5.41, 5.74) is 0.732. The van der Waals surface area contributed by atoms with Crippen molar-refractivity contribution in [3.8, 4) is 5.75 Å². The van der Waals surface area contributed by atoms with E-state index >= 15 is 0 Å². The summed E-state index contributed by atoms with van der Waals surface area (Å²) in [5, 5.41) is 12.5. The Labute approximate surface area is 115 Å². The molecule has 0 spiro atoms. The molecule has 1 aliphatic carbocycles. The Hall–Kier alpha value is -1.27. The lowest BCUT2D eigenvalue weighted by Gasteiger charge is -2.19. The Balaban J connectivity index is 1.91. The van der Waals surface area contributed by atoms with Crippen molar-refractivity contribution in [2.45, 2.75) is 38.2 Å². The van der Waals surface area contributed by atoms with Crippen molar-refractivity contribution in [2.75, 3.05) is 6.61 Å². The number of aliphatic hydroxyl groups is 1. The zero-order valence-electron chi connectivity index (χ0n) is 11.0. The van der Waals surface area contributed by atoms with Gasteiger partial charge in [0, 0.05) is 19.2 Å². The molecule has 20 heavy (non-hydrogen) atoms. The smallest absolute Gasteiger partial charge is 0.406 e. The minimum absolute atomic E-state index is 0.148. The third kappa shape index (κ3) is 4.38. The van der Waals surface area contributed by atoms with Gasteiger partial charge in [-0.05, 0) is 36.5 Å². The molecule has 0 saturated heterocycles. The van der Waals surface area contributed by atoms with Crippen LogP contribution in [0.4, 0.5) is 13.2 Å². The average Bonchev–Trinajstić information content (AvgIpc) is 2.82. The van der Waals surface area contributed by atoms with Gasteiger partial charge in [0.25, 0.3) is 0 Å². The maximum Gasteiger partial charge on any atom is 0.573 e. The molecule has 1 aliphatic rings. The van der Waals surface area contributed by atoms with Crippen molar-refractivity contribution in [1.82, 2.24) is 5.32 Å². The van der Waals surface area contributed by atoms with Crippen LogP contribution in [0, 0.1) is 5.92 Å². The number of rotatable bonds is 5. The molecule has 112 valence electrons. The molecule has 1 fully saturated rings. The topological polar surface area (TPSA) is 41.5 Å². The van der Waals surface area contributed by atoms with Gasteiger partial charge in [0.1, 0.15) is 5.75 Å². The van der Waals surface area contributed by atoms with Gasteiger partial charge < -0.3 is 15.2 Å². The van der Waals surface area contributed by atoms with Gasteiger partial charge in [-0.15, -0.1) is 13.2 Å². The number of alkyl halides is 3. The van der Waals surface area contributed by atoms with E-state index in [0.717, 1.165) is 24.8 Å². The molecule has 0 heterocycles. The fraction of sp³-hybridized carbons (Fsp3) is 0.571. The van der Waals surface area contributed by atoms with Crippen LogP contribution < -0.4 is 10.1 Å². The minimum Gasteiger partial charge on any atom is -0.406 e. The van der Waals surface area contributed by atoms with E-state index in [2.05, 4.69) is 10.1 Å². The Morgan fingerprint density at radius 2 is 2.10 bits per heavy atom. The Bertz CT molecular complexity index is 437. The first kappa shape index (κ1) is 15.1. The van der Waals surface area contributed by atoms with Crippen LogP contribution in [0.25, 0.3) is 0 Å². The summed E-state index contributed by atoms with van der Waals surface area (Å²) in [4.78, 5) is 0. The summed E-state index contributed by atoms with van der Waals surface area (Å²) >= 11 is 0. The molecule has 2 atom stereocenters. The molecular formula is C14H18F3NO2. The van der Waals surface area contributed by atoms with Crippen LogP contribution in [-0.2, 0) is 6.54 Å². The van der Waals surface area contributed by atoms with E-state index in [1.807, 2.05) is 0 Å². The SMILES string of the molecule is OCC1CCCC1NCc1cccc(OC(F)(F)F)c1. The third-order valence-corrected chi connectivity index (χ3v) is 3.59. The quantitative estimate of drug-likeness (QED) is 0.876. The fourth-order valence-electron chi connectivity index (χ4n) is 2.63. The molecule has 0 aliphatic heterocycles. The molecule has 0 radical (unpaired) electrons. The highest BCUT2D eigenvalue weighted by atomic mass is 19.4. The van der Waals surface area contributed by atoms with E-state index in [1.54, 1.807) is 6.07 Å². The van der Waals surface area contributed by atoms with E-state index < -0.39 is 6.36 Å². The van der Waals surface area contributed by atoms with Gasteiger partial charge in [-0.1, -0.05) is 18.6 Å². The van der Waals surface area contributed by atoms with Crippen molar-refractivity contribution < 1.29 is 23.0 Å². The van der Waals surface area contributed by atoms with Crippen LogP contribution in [0.5, 0.6) is 5.75 Å². The summed E-state index contributed by atoms with van der Waals surface area (Å²) < 4.78 is 40.3. The molecular weight excluding hydrogens is 271 g/mol. The maximum atomic E-state index is 12.1. The van der Waals surface area contributed by atoms with Gasteiger partial charge in [0.15, 0.2) is 0 Å². The number of aliphatic hydroxyl groups excluding tert-OH is 1. The number of ether oxygens (including phenoxy) is 1. The number of benzene rings is 1. The molecule has 2 rings (SSSR count). The molecule has 2 unspecified atom stereocenters. The Morgan fingerprint density at radius 1 is 1.30 bits per heavy atom. The number of nitrogens with one attached hydrogen (secondary N) is 1. The minimum atomic E-state index is -4.67. The van der Waals surface area contributed by atoms with Gasteiger partial charge in [0.05, 0.1) is 0 Å². The molecule has 1 aromatic carbocycles. The normalized spacial score (nSPS) is 23.0. The molecule has 3 nitrogen and oxygen atoms in total. The molecule has 0 amide bonds. The summed E-state index contributed by atoms with van der Waals surface area (Å²) in [7, 11) is 0.